The molecule has 6 nitrogen and oxygen atoms in total. The first kappa shape index (κ1) is 23.7. The molecule has 1 amide bonds. The van der Waals surface area contributed by atoms with Gasteiger partial charge in [0.05, 0.1) is 11.3 Å². The van der Waals surface area contributed by atoms with Gasteiger partial charge in [-0.05, 0) is 73.9 Å². The molecule has 1 aliphatic heterocycles. The third-order valence-electron chi connectivity index (χ3n) is 6.56. The van der Waals surface area contributed by atoms with Gasteiger partial charge < -0.3 is 14.0 Å². The van der Waals surface area contributed by atoms with Crippen LogP contribution in [-0.4, -0.2) is 39.1 Å². The molecule has 2 aromatic carbocycles. The number of hydrogen-bond acceptors (Lipinski definition) is 4. The van der Waals surface area contributed by atoms with Gasteiger partial charge in [0.25, 0.3) is 5.91 Å². The lowest BCUT2D eigenvalue weighted by Crippen LogP contribution is -2.40. The standard InChI is InChI=1S/C28H25F2N3O3/c1-18-3-2-12-33-16-22(31-27(18)33)17-36-23-7-4-20(5-8-23)28(35)32-13-10-19(11-14-32)26(34)24-15-21(29)6-9-25(24)30/h2-9,12,15-16,19H,10-11,13-14,17H2,1H3. The van der Waals surface area contributed by atoms with Crippen LogP contribution in [0.15, 0.2) is 67.0 Å². The van der Waals surface area contributed by atoms with Crippen LogP contribution in [0.5, 0.6) is 5.75 Å². The number of hydrogen-bond donors (Lipinski definition) is 0. The number of carbonyl (C=O) groups is 2. The van der Waals surface area contributed by atoms with Crippen LogP contribution in [0.25, 0.3) is 5.65 Å². The number of pyridine rings is 1. The average Bonchev–Trinajstić information content (AvgIpc) is 3.33. The molecule has 0 atom stereocenters. The smallest absolute Gasteiger partial charge is 0.253 e. The number of imidazole rings is 1. The molecule has 1 saturated heterocycles. The van der Waals surface area contributed by atoms with Gasteiger partial charge in [0.2, 0.25) is 0 Å². The van der Waals surface area contributed by atoms with E-state index in [0.29, 0.717) is 43.9 Å². The summed E-state index contributed by atoms with van der Waals surface area (Å²) in [6.07, 6.45) is 4.68. The zero-order valence-corrected chi connectivity index (χ0v) is 19.8. The Morgan fingerprint density at radius 2 is 1.81 bits per heavy atom. The van der Waals surface area contributed by atoms with Crippen molar-refractivity contribution >= 4 is 17.3 Å². The summed E-state index contributed by atoms with van der Waals surface area (Å²) in [6.45, 7) is 3.06. The molecule has 0 aliphatic carbocycles. The summed E-state index contributed by atoms with van der Waals surface area (Å²) >= 11 is 0. The van der Waals surface area contributed by atoms with Crippen LogP contribution in [0, 0.1) is 24.5 Å². The van der Waals surface area contributed by atoms with Crippen molar-refractivity contribution < 1.29 is 23.1 Å². The van der Waals surface area contributed by atoms with E-state index in [1.54, 1.807) is 29.2 Å². The summed E-state index contributed by atoms with van der Waals surface area (Å²) in [6, 6.07) is 13.8. The Kier molecular flexibility index (Phi) is 6.50. The van der Waals surface area contributed by atoms with E-state index < -0.39 is 23.3 Å². The van der Waals surface area contributed by atoms with Crippen molar-refractivity contribution in [1.82, 2.24) is 14.3 Å². The number of aromatic nitrogens is 2. The fraction of sp³-hybridized carbons (Fsp3) is 0.250. The number of carbonyl (C=O) groups excluding carboxylic acids is 2. The lowest BCUT2D eigenvalue weighted by atomic mass is 9.88. The zero-order valence-electron chi connectivity index (χ0n) is 19.8. The number of benzene rings is 2. The summed E-state index contributed by atoms with van der Waals surface area (Å²) in [5.74, 6) is -1.74. The maximum atomic E-state index is 14.0. The predicted molar refractivity (Wildman–Crippen MR) is 130 cm³/mol. The van der Waals surface area contributed by atoms with Crippen LogP contribution in [0.2, 0.25) is 0 Å². The van der Waals surface area contributed by atoms with Crippen molar-refractivity contribution in [2.24, 2.45) is 5.92 Å². The first-order valence-corrected chi connectivity index (χ1v) is 11.8. The Balaban J connectivity index is 1.16. The number of fused-ring (bicyclic) bond motifs is 1. The Morgan fingerprint density at radius 3 is 2.53 bits per heavy atom. The molecule has 0 saturated carbocycles. The Labute approximate surface area is 207 Å². The third-order valence-corrected chi connectivity index (χ3v) is 6.56. The summed E-state index contributed by atoms with van der Waals surface area (Å²) in [7, 11) is 0. The average molecular weight is 490 g/mol. The van der Waals surface area contributed by atoms with Crippen molar-refractivity contribution in [3.63, 3.8) is 0 Å². The number of amides is 1. The molecule has 36 heavy (non-hydrogen) atoms. The van der Waals surface area contributed by atoms with Crippen LogP contribution < -0.4 is 4.74 Å². The van der Waals surface area contributed by atoms with Crippen LogP contribution in [0.4, 0.5) is 8.78 Å². The molecule has 0 bridgehead atoms. The highest BCUT2D eigenvalue weighted by atomic mass is 19.1. The second-order valence-corrected chi connectivity index (χ2v) is 9.02. The molecular formula is C28H25F2N3O3. The first-order valence-electron chi connectivity index (χ1n) is 11.8. The lowest BCUT2D eigenvalue weighted by Gasteiger charge is -2.31. The fourth-order valence-electron chi connectivity index (χ4n) is 4.56. The largest absolute Gasteiger partial charge is 0.487 e. The maximum absolute atomic E-state index is 14.0. The Morgan fingerprint density at radius 1 is 1.06 bits per heavy atom. The summed E-state index contributed by atoms with van der Waals surface area (Å²) in [4.78, 5) is 31.9. The highest BCUT2D eigenvalue weighted by molar-refractivity contribution is 5.98. The van der Waals surface area contributed by atoms with Crippen molar-refractivity contribution in [3.8, 4) is 5.75 Å². The van der Waals surface area contributed by atoms with Crippen molar-refractivity contribution in [2.75, 3.05) is 13.1 Å². The van der Waals surface area contributed by atoms with Gasteiger partial charge in [-0.15, -0.1) is 0 Å². The van der Waals surface area contributed by atoms with Crippen molar-refractivity contribution in [3.05, 3.63) is 101 Å². The molecule has 8 heteroatoms. The second kappa shape index (κ2) is 9.89. The first-order chi connectivity index (χ1) is 17.4. The molecule has 3 heterocycles. The minimum atomic E-state index is -0.724. The molecule has 0 unspecified atom stereocenters. The number of rotatable bonds is 6. The van der Waals surface area contributed by atoms with Gasteiger partial charge in [-0.1, -0.05) is 6.07 Å². The molecule has 5 rings (SSSR count). The van der Waals surface area contributed by atoms with Gasteiger partial charge in [-0.3, -0.25) is 9.59 Å². The number of likely N-dealkylation sites (tertiary alicyclic amines) is 1. The monoisotopic (exact) mass is 489 g/mol. The Hall–Kier alpha value is -4.07. The fourth-order valence-corrected chi connectivity index (χ4v) is 4.56. The van der Waals surface area contributed by atoms with Gasteiger partial charge in [0.1, 0.15) is 29.6 Å². The number of aryl methyl sites for hydroxylation is 1. The number of halogens is 2. The van der Waals surface area contributed by atoms with E-state index in [0.717, 1.165) is 35.1 Å². The van der Waals surface area contributed by atoms with E-state index in [9.17, 15) is 18.4 Å². The number of piperidine rings is 1. The third kappa shape index (κ3) is 4.84. The molecule has 0 spiro atoms. The van der Waals surface area contributed by atoms with E-state index >= 15 is 0 Å². The van der Waals surface area contributed by atoms with E-state index in [1.807, 2.05) is 35.9 Å². The number of Topliss-reactive ketones (excluding diaryl/α,β-unsaturated/α-hetero) is 1. The summed E-state index contributed by atoms with van der Waals surface area (Å²) in [5, 5.41) is 0. The van der Waals surface area contributed by atoms with Gasteiger partial charge >= 0.3 is 0 Å². The minimum Gasteiger partial charge on any atom is -0.487 e. The maximum Gasteiger partial charge on any atom is 0.253 e. The van der Waals surface area contributed by atoms with E-state index in [4.69, 9.17) is 4.74 Å². The van der Waals surface area contributed by atoms with Crippen LogP contribution in [0.1, 0.15) is 44.8 Å². The number of nitrogens with zero attached hydrogens (tertiary/aromatic N) is 3. The molecular weight excluding hydrogens is 464 g/mol. The second-order valence-electron chi connectivity index (χ2n) is 9.02. The van der Waals surface area contributed by atoms with Gasteiger partial charge in [-0.25, -0.2) is 13.8 Å². The highest BCUT2D eigenvalue weighted by Crippen LogP contribution is 2.25. The van der Waals surface area contributed by atoms with Gasteiger partial charge in [-0.2, -0.15) is 0 Å². The number of ketones is 1. The number of ether oxygens (including phenoxy) is 1. The molecule has 0 radical (unpaired) electrons. The molecule has 184 valence electrons. The molecule has 4 aromatic rings. The zero-order chi connectivity index (χ0) is 25.2. The van der Waals surface area contributed by atoms with Gasteiger partial charge in [0, 0.05) is 37.0 Å². The molecule has 1 aliphatic rings. The minimum absolute atomic E-state index is 0.139. The summed E-state index contributed by atoms with van der Waals surface area (Å²) < 4.78 is 35.3. The van der Waals surface area contributed by atoms with Crippen LogP contribution in [0.3, 0.4) is 0 Å². The lowest BCUT2D eigenvalue weighted by molar-refractivity contribution is 0.0649. The summed E-state index contributed by atoms with van der Waals surface area (Å²) in [5.41, 5.74) is 3.07. The molecule has 2 aromatic heterocycles. The predicted octanol–water partition coefficient (Wildman–Crippen LogP) is 5.24. The van der Waals surface area contributed by atoms with E-state index in [-0.39, 0.29) is 11.5 Å². The highest BCUT2D eigenvalue weighted by Gasteiger charge is 2.30. The van der Waals surface area contributed by atoms with Crippen molar-refractivity contribution in [2.45, 2.75) is 26.4 Å². The Bertz CT molecular complexity index is 1420. The van der Waals surface area contributed by atoms with E-state index in [2.05, 4.69) is 4.98 Å². The van der Waals surface area contributed by atoms with E-state index in [1.165, 1.54) is 0 Å². The van der Waals surface area contributed by atoms with Crippen molar-refractivity contribution in [1.29, 1.82) is 0 Å². The van der Waals surface area contributed by atoms with Gasteiger partial charge in [0.15, 0.2) is 5.78 Å². The topological polar surface area (TPSA) is 63.9 Å². The SMILES string of the molecule is Cc1cccn2cc(COc3ccc(C(=O)N4CCC(C(=O)c5cc(F)ccc5F)CC4)cc3)nc12. The van der Waals surface area contributed by atoms with Crippen LogP contribution in [-0.2, 0) is 6.61 Å². The quantitative estimate of drug-likeness (QED) is 0.348. The normalized spacial score (nSPS) is 14.2. The molecule has 1 fully saturated rings. The van der Waals surface area contributed by atoms with Crippen LogP contribution >= 0.6 is 0 Å². The molecule has 0 N–H and O–H groups in total.